The topological polar surface area (TPSA) is 107 Å². The number of nitrogens with two attached hydrogens (primary N) is 1. The van der Waals surface area contributed by atoms with Gasteiger partial charge in [-0.2, -0.15) is 5.10 Å². The zero-order valence-corrected chi connectivity index (χ0v) is 17.0. The maximum atomic E-state index is 13.0. The molecule has 2 aromatic carbocycles. The molecule has 0 unspecified atom stereocenters. The quantitative estimate of drug-likeness (QED) is 0.598. The van der Waals surface area contributed by atoms with Crippen LogP contribution in [0.2, 0.25) is 0 Å². The summed E-state index contributed by atoms with van der Waals surface area (Å²) < 4.78 is 27.2. The van der Waals surface area contributed by atoms with Crippen molar-refractivity contribution in [3.05, 3.63) is 60.2 Å². The molecule has 1 amide bonds. The number of nitrogens with zero attached hydrogens (tertiary/aromatic N) is 2. The molecule has 0 aliphatic carbocycles. The molecule has 0 radical (unpaired) electrons. The summed E-state index contributed by atoms with van der Waals surface area (Å²) >= 11 is 1.16. The molecular formula is C19H20N4O3S2. The predicted molar refractivity (Wildman–Crippen MR) is 110 cm³/mol. The molecule has 1 heterocycles. The van der Waals surface area contributed by atoms with Gasteiger partial charge in [-0.05, 0) is 43.0 Å². The number of anilines is 2. The van der Waals surface area contributed by atoms with Crippen LogP contribution < -0.4 is 11.1 Å². The van der Waals surface area contributed by atoms with Gasteiger partial charge in [-0.25, -0.2) is 13.1 Å². The molecule has 0 aliphatic heterocycles. The third-order valence-corrected chi connectivity index (χ3v) is 6.66. The number of sulfone groups is 1. The van der Waals surface area contributed by atoms with E-state index in [4.69, 9.17) is 5.73 Å². The van der Waals surface area contributed by atoms with Crippen LogP contribution in [0.4, 0.5) is 11.5 Å². The number of rotatable bonds is 6. The highest BCUT2D eigenvalue weighted by atomic mass is 32.2. The molecule has 7 nitrogen and oxygen atoms in total. The van der Waals surface area contributed by atoms with Crippen LogP contribution in [0, 0.1) is 6.92 Å². The zero-order chi connectivity index (χ0) is 20.3. The lowest BCUT2D eigenvalue weighted by atomic mass is 10.2. The van der Waals surface area contributed by atoms with Crippen molar-refractivity contribution < 1.29 is 13.2 Å². The van der Waals surface area contributed by atoms with Crippen molar-refractivity contribution in [3.8, 4) is 0 Å². The highest BCUT2D eigenvalue weighted by molar-refractivity contribution is 7.99. The Labute approximate surface area is 167 Å². The Bertz CT molecular complexity index is 1110. The molecule has 146 valence electrons. The van der Waals surface area contributed by atoms with Crippen LogP contribution in [-0.2, 0) is 21.2 Å². The van der Waals surface area contributed by atoms with Gasteiger partial charge in [-0.1, -0.05) is 30.3 Å². The zero-order valence-electron chi connectivity index (χ0n) is 15.4. The first-order valence-corrected chi connectivity index (χ1v) is 11.1. The number of carbonyl (C=O) groups excluding carboxylic acids is 1. The molecule has 9 heteroatoms. The van der Waals surface area contributed by atoms with Gasteiger partial charge in [-0.15, -0.1) is 11.8 Å². The Balaban J connectivity index is 1.91. The van der Waals surface area contributed by atoms with Gasteiger partial charge in [0.25, 0.3) is 0 Å². The van der Waals surface area contributed by atoms with Crippen molar-refractivity contribution in [1.82, 2.24) is 9.78 Å². The summed E-state index contributed by atoms with van der Waals surface area (Å²) in [6, 6.07) is 15.4. The molecular weight excluding hydrogens is 396 g/mol. The summed E-state index contributed by atoms with van der Waals surface area (Å²) in [7, 11) is -3.85. The number of thioether (sulfide) groups is 1. The van der Waals surface area contributed by atoms with E-state index in [2.05, 4.69) is 10.4 Å². The summed E-state index contributed by atoms with van der Waals surface area (Å²) in [5, 5.41) is 7.25. The Morgan fingerprint density at radius 3 is 2.54 bits per heavy atom. The largest absolute Gasteiger partial charge is 0.383 e. The van der Waals surface area contributed by atoms with Crippen LogP contribution >= 0.6 is 11.8 Å². The molecule has 3 N–H and O–H groups in total. The van der Waals surface area contributed by atoms with Gasteiger partial charge in [0, 0.05) is 5.69 Å². The normalized spacial score (nSPS) is 11.4. The number of aryl methyl sites for hydroxylation is 1. The van der Waals surface area contributed by atoms with Crippen molar-refractivity contribution in [2.75, 3.05) is 17.3 Å². The molecule has 28 heavy (non-hydrogen) atoms. The number of amides is 1. The maximum absolute atomic E-state index is 13.0. The predicted octanol–water partition coefficient (Wildman–Crippen LogP) is 2.97. The monoisotopic (exact) mass is 416 g/mol. The Hall–Kier alpha value is -2.78. The number of nitrogens with one attached hydrogen (secondary N) is 1. The van der Waals surface area contributed by atoms with E-state index in [0.29, 0.717) is 5.69 Å². The minimum absolute atomic E-state index is 0.0624. The minimum atomic E-state index is -3.85. The first-order valence-electron chi connectivity index (χ1n) is 8.40. The van der Waals surface area contributed by atoms with E-state index in [9.17, 15) is 13.2 Å². The molecule has 3 rings (SSSR count). The van der Waals surface area contributed by atoms with Crippen molar-refractivity contribution >= 4 is 39.0 Å². The second-order valence-electron chi connectivity index (χ2n) is 6.12. The van der Waals surface area contributed by atoms with Crippen LogP contribution in [0.5, 0.6) is 0 Å². The first kappa shape index (κ1) is 20.0. The smallest absolute Gasteiger partial charge is 0.246 e. The first-order chi connectivity index (χ1) is 13.3. The average Bonchev–Trinajstić information content (AvgIpc) is 2.98. The van der Waals surface area contributed by atoms with E-state index in [-0.39, 0.29) is 33.1 Å². The van der Waals surface area contributed by atoms with Gasteiger partial charge in [0.15, 0.2) is 0 Å². The molecule has 0 bridgehead atoms. The molecule has 0 fully saturated rings. The molecule has 0 saturated heterocycles. The van der Waals surface area contributed by atoms with Crippen LogP contribution in [0.1, 0.15) is 5.56 Å². The van der Waals surface area contributed by atoms with Gasteiger partial charge in [0.05, 0.1) is 4.90 Å². The number of aromatic nitrogens is 2. The fourth-order valence-corrected chi connectivity index (χ4v) is 5.17. The average molecular weight is 417 g/mol. The molecule has 0 spiro atoms. The molecule has 0 aliphatic rings. The molecule has 0 atom stereocenters. The SMILES string of the molecule is CSc1nn(CC(=O)Nc2cccc(C)c2)c(N)c1S(=O)(=O)c1ccccc1. The van der Waals surface area contributed by atoms with E-state index in [0.717, 1.165) is 17.3 Å². The summed E-state index contributed by atoms with van der Waals surface area (Å²) in [6.07, 6.45) is 1.71. The van der Waals surface area contributed by atoms with Gasteiger partial charge in [0.1, 0.15) is 22.3 Å². The lowest BCUT2D eigenvalue weighted by Gasteiger charge is -2.08. The van der Waals surface area contributed by atoms with E-state index >= 15 is 0 Å². The summed E-state index contributed by atoms with van der Waals surface area (Å²) in [5.74, 6) is -0.413. The third-order valence-electron chi connectivity index (χ3n) is 4.03. The van der Waals surface area contributed by atoms with Crippen molar-refractivity contribution in [3.63, 3.8) is 0 Å². The number of hydrogen-bond acceptors (Lipinski definition) is 6. The van der Waals surface area contributed by atoms with Crippen molar-refractivity contribution in [1.29, 1.82) is 0 Å². The van der Waals surface area contributed by atoms with Gasteiger partial charge >= 0.3 is 0 Å². The van der Waals surface area contributed by atoms with E-state index < -0.39 is 9.84 Å². The highest BCUT2D eigenvalue weighted by Gasteiger charge is 2.29. The molecule has 0 saturated carbocycles. The van der Waals surface area contributed by atoms with E-state index in [1.807, 2.05) is 25.1 Å². The standard InChI is InChI=1S/C19H20N4O3S2/c1-13-7-6-8-14(11-13)21-16(24)12-23-18(20)17(19(22-23)27-2)28(25,26)15-9-4-3-5-10-15/h3-11H,12,20H2,1-2H3,(H,21,24). The lowest BCUT2D eigenvalue weighted by molar-refractivity contribution is -0.116. The van der Waals surface area contributed by atoms with E-state index in [1.54, 1.807) is 30.5 Å². The highest BCUT2D eigenvalue weighted by Crippen LogP contribution is 2.33. The Morgan fingerprint density at radius 1 is 1.18 bits per heavy atom. The lowest BCUT2D eigenvalue weighted by Crippen LogP contribution is -2.21. The second-order valence-corrected chi connectivity index (χ2v) is 8.80. The molecule has 3 aromatic rings. The number of benzene rings is 2. The van der Waals surface area contributed by atoms with Gasteiger partial charge < -0.3 is 11.1 Å². The third kappa shape index (κ3) is 4.05. The van der Waals surface area contributed by atoms with Crippen LogP contribution in [-0.4, -0.2) is 30.4 Å². The Kier molecular flexibility index (Phi) is 5.76. The fourth-order valence-electron chi connectivity index (χ4n) is 2.72. The summed E-state index contributed by atoms with van der Waals surface area (Å²) in [6.45, 7) is 1.73. The van der Waals surface area contributed by atoms with Crippen LogP contribution in [0.25, 0.3) is 0 Å². The van der Waals surface area contributed by atoms with Gasteiger partial charge in [-0.3, -0.25) is 4.79 Å². The van der Waals surface area contributed by atoms with Crippen LogP contribution in [0.3, 0.4) is 0 Å². The summed E-state index contributed by atoms with van der Waals surface area (Å²) in [4.78, 5) is 12.4. The number of hydrogen-bond donors (Lipinski definition) is 2. The maximum Gasteiger partial charge on any atom is 0.246 e. The van der Waals surface area contributed by atoms with Gasteiger partial charge in [0.2, 0.25) is 15.7 Å². The molecule has 1 aromatic heterocycles. The second kappa shape index (κ2) is 8.07. The summed E-state index contributed by atoms with van der Waals surface area (Å²) in [5.41, 5.74) is 7.76. The van der Waals surface area contributed by atoms with Crippen molar-refractivity contribution in [2.45, 2.75) is 28.3 Å². The fraction of sp³-hybridized carbons (Fsp3) is 0.158. The van der Waals surface area contributed by atoms with Crippen LogP contribution in [0.15, 0.2) is 69.4 Å². The number of nitrogen functional groups attached to an aromatic ring is 1. The Morgan fingerprint density at radius 2 is 1.89 bits per heavy atom. The van der Waals surface area contributed by atoms with E-state index in [1.165, 1.54) is 16.8 Å². The number of carbonyl (C=O) groups is 1. The minimum Gasteiger partial charge on any atom is -0.383 e. The van der Waals surface area contributed by atoms with Crippen molar-refractivity contribution in [2.24, 2.45) is 0 Å².